The molecule has 1 unspecified atom stereocenters. The summed E-state index contributed by atoms with van der Waals surface area (Å²) in [4.78, 5) is 24.5. The Hall–Kier alpha value is -3.22. The van der Waals surface area contributed by atoms with Crippen molar-refractivity contribution in [3.05, 3.63) is 47.0 Å². The van der Waals surface area contributed by atoms with Gasteiger partial charge in [0.05, 0.1) is 21.3 Å². The number of benzene rings is 2. The zero-order valence-electron chi connectivity index (χ0n) is 23.4. The second-order valence-corrected chi connectivity index (χ2v) is 10.4. The lowest BCUT2D eigenvalue weighted by molar-refractivity contribution is -0.137. The fourth-order valence-electron chi connectivity index (χ4n) is 4.63. The van der Waals surface area contributed by atoms with Crippen LogP contribution >= 0.6 is 0 Å². The highest BCUT2D eigenvalue weighted by Crippen LogP contribution is 2.44. The van der Waals surface area contributed by atoms with E-state index in [4.69, 9.17) is 19.3 Å². The van der Waals surface area contributed by atoms with Gasteiger partial charge >= 0.3 is 5.97 Å². The van der Waals surface area contributed by atoms with E-state index in [1.54, 1.807) is 21.3 Å². The van der Waals surface area contributed by atoms with Gasteiger partial charge in [0.25, 0.3) is 0 Å². The van der Waals surface area contributed by atoms with Crippen molar-refractivity contribution < 1.29 is 28.9 Å². The van der Waals surface area contributed by atoms with Gasteiger partial charge in [-0.05, 0) is 47.4 Å². The molecule has 2 aromatic carbocycles. The molecule has 204 valence electrons. The van der Waals surface area contributed by atoms with Gasteiger partial charge < -0.3 is 24.6 Å². The van der Waals surface area contributed by atoms with E-state index in [0.29, 0.717) is 23.7 Å². The first-order valence-corrected chi connectivity index (χ1v) is 13.0. The third-order valence-corrected chi connectivity index (χ3v) is 6.56. The SMILES string of the molecule is CCCCCC(CC(=O)Nc1cc(CCC(=O)O)ccc1C(C)(C)C)c1ccc(OC)c(OC)c1OC. The maximum Gasteiger partial charge on any atom is 0.303 e. The molecule has 0 aromatic heterocycles. The Kier molecular flexibility index (Phi) is 11.3. The summed E-state index contributed by atoms with van der Waals surface area (Å²) in [7, 11) is 4.76. The van der Waals surface area contributed by atoms with Crippen LogP contribution in [0.25, 0.3) is 0 Å². The zero-order valence-corrected chi connectivity index (χ0v) is 23.4. The van der Waals surface area contributed by atoms with Crippen molar-refractivity contribution in [2.24, 2.45) is 0 Å². The van der Waals surface area contributed by atoms with E-state index in [-0.39, 0.29) is 30.1 Å². The molecule has 0 bridgehead atoms. The predicted molar refractivity (Wildman–Crippen MR) is 147 cm³/mol. The minimum Gasteiger partial charge on any atom is -0.493 e. The molecule has 7 heteroatoms. The quantitative estimate of drug-likeness (QED) is 0.272. The lowest BCUT2D eigenvalue weighted by Crippen LogP contribution is -2.21. The van der Waals surface area contributed by atoms with Crippen LogP contribution in [0, 0.1) is 0 Å². The molecule has 0 fully saturated rings. The Labute approximate surface area is 221 Å². The third kappa shape index (κ3) is 8.41. The first kappa shape index (κ1) is 30.0. The number of anilines is 1. The number of carbonyl (C=O) groups is 2. The molecular formula is C30H43NO6. The normalized spacial score (nSPS) is 12.1. The average Bonchev–Trinajstić information content (AvgIpc) is 2.85. The molecule has 7 nitrogen and oxygen atoms in total. The van der Waals surface area contributed by atoms with Crippen molar-refractivity contribution in [1.82, 2.24) is 0 Å². The van der Waals surface area contributed by atoms with Crippen molar-refractivity contribution in [2.45, 2.75) is 84.0 Å². The molecule has 2 N–H and O–H groups in total. The van der Waals surface area contributed by atoms with Gasteiger partial charge in [0, 0.05) is 24.1 Å². The number of carboxylic acid groups (broad SMARTS) is 1. The number of aliphatic carboxylic acids is 1. The van der Waals surface area contributed by atoms with E-state index in [1.807, 2.05) is 30.3 Å². The molecule has 0 heterocycles. The van der Waals surface area contributed by atoms with Gasteiger partial charge in [0.2, 0.25) is 11.7 Å². The number of aryl methyl sites for hydroxylation is 1. The zero-order chi connectivity index (χ0) is 27.6. The number of carbonyl (C=O) groups excluding carboxylic acids is 1. The molecule has 1 atom stereocenters. The first-order chi connectivity index (χ1) is 17.5. The fourth-order valence-corrected chi connectivity index (χ4v) is 4.63. The molecule has 0 aliphatic carbocycles. The van der Waals surface area contributed by atoms with E-state index in [1.165, 1.54) is 0 Å². The minimum atomic E-state index is -0.843. The standard InChI is InChI=1S/C30H43NO6/c1-8-9-10-11-21(22-14-16-25(35-5)29(37-7)28(22)36-6)19-26(32)31-24-18-20(13-17-27(33)34)12-15-23(24)30(2,3)4/h12,14-16,18,21H,8-11,13,17,19H2,1-7H3,(H,31,32)(H,33,34). The van der Waals surface area contributed by atoms with E-state index in [9.17, 15) is 9.59 Å². The summed E-state index contributed by atoms with van der Waals surface area (Å²) in [6.45, 7) is 8.44. The maximum atomic E-state index is 13.5. The summed E-state index contributed by atoms with van der Waals surface area (Å²) in [5, 5.41) is 12.2. The molecule has 0 saturated heterocycles. The Morgan fingerprint density at radius 1 is 0.973 bits per heavy atom. The Bertz CT molecular complexity index is 1060. The van der Waals surface area contributed by atoms with E-state index < -0.39 is 5.97 Å². The number of unbranched alkanes of at least 4 members (excludes halogenated alkanes) is 2. The van der Waals surface area contributed by atoms with Crippen LogP contribution in [0.3, 0.4) is 0 Å². The van der Waals surface area contributed by atoms with Crippen molar-refractivity contribution in [3.63, 3.8) is 0 Å². The van der Waals surface area contributed by atoms with Crippen LogP contribution in [-0.2, 0) is 21.4 Å². The molecule has 2 aromatic rings. The highest BCUT2D eigenvalue weighted by atomic mass is 16.5. The number of rotatable bonds is 14. The van der Waals surface area contributed by atoms with Crippen LogP contribution in [0.5, 0.6) is 17.2 Å². The van der Waals surface area contributed by atoms with Crippen LogP contribution in [0.15, 0.2) is 30.3 Å². The Morgan fingerprint density at radius 2 is 1.68 bits per heavy atom. The number of hydrogen-bond donors (Lipinski definition) is 2. The van der Waals surface area contributed by atoms with Gasteiger partial charge in [-0.3, -0.25) is 9.59 Å². The van der Waals surface area contributed by atoms with Crippen LogP contribution < -0.4 is 19.5 Å². The smallest absolute Gasteiger partial charge is 0.303 e. The molecule has 0 spiro atoms. The van der Waals surface area contributed by atoms with Crippen LogP contribution in [0.1, 0.15) is 88.8 Å². The van der Waals surface area contributed by atoms with Gasteiger partial charge in [-0.15, -0.1) is 0 Å². The topological polar surface area (TPSA) is 94.1 Å². The van der Waals surface area contributed by atoms with Gasteiger partial charge in [0.15, 0.2) is 11.5 Å². The van der Waals surface area contributed by atoms with E-state index in [2.05, 4.69) is 33.0 Å². The van der Waals surface area contributed by atoms with Gasteiger partial charge in [-0.2, -0.15) is 0 Å². The predicted octanol–water partition coefficient (Wildman–Crippen LogP) is 6.72. The Morgan fingerprint density at radius 3 is 2.24 bits per heavy atom. The van der Waals surface area contributed by atoms with Gasteiger partial charge in [-0.1, -0.05) is 65.2 Å². The summed E-state index contributed by atoms with van der Waals surface area (Å²) in [6.07, 6.45) is 4.71. The Balaban J connectivity index is 2.39. The third-order valence-electron chi connectivity index (χ3n) is 6.56. The molecule has 0 aliphatic rings. The number of amides is 1. The van der Waals surface area contributed by atoms with Gasteiger partial charge in [-0.25, -0.2) is 0 Å². The first-order valence-electron chi connectivity index (χ1n) is 13.0. The van der Waals surface area contributed by atoms with Crippen molar-refractivity contribution in [1.29, 1.82) is 0 Å². The average molecular weight is 514 g/mol. The summed E-state index contributed by atoms with van der Waals surface area (Å²) < 4.78 is 16.8. The van der Waals surface area contributed by atoms with Gasteiger partial charge in [0.1, 0.15) is 0 Å². The largest absolute Gasteiger partial charge is 0.493 e. The van der Waals surface area contributed by atoms with Crippen molar-refractivity contribution in [2.75, 3.05) is 26.6 Å². The molecular weight excluding hydrogens is 470 g/mol. The highest BCUT2D eigenvalue weighted by Gasteiger charge is 2.26. The summed E-state index contributed by atoms with van der Waals surface area (Å²) in [6, 6.07) is 9.65. The molecule has 37 heavy (non-hydrogen) atoms. The van der Waals surface area contributed by atoms with Crippen LogP contribution in [0.4, 0.5) is 5.69 Å². The van der Waals surface area contributed by atoms with Crippen molar-refractivity contribution in [3.8, 4) is 17.2 Å². The number of ether oxygens (including phenoxy) is 3. The van der Waals surface area contributed by atoms with E-state index in [0.717, 1.165) is 48.1 Å². The summed E-state index contributed by atoms with van der Waals surface area (Å²) >= 11 is 0. The lowest BCUT2D eigenvalue weighted by Gasteiger charge is -2.25. The van der Waals surface area contributed by atoms with Crippen LogP contribution in [-0.4, -0.2) is 38.3 Å². The minimum absolute atomic E-state index is 0.0425. The molecule has 1 amide bonds. The maximum absolute atomic E-state index is 13.5. The molecule has 0 aliphatic heterocycles. The number of methoxy groups -OCH3 is 3. The second-order valence-electron chi connectivity index (χ2n) is 10.4. The summed E-state index contributed by atoms with van der Waals surface area (Å²) in [5.41, 5.74) is 3.34. The second kappa shape index (κ2) is 13.9. The number of hydrogen-bond acceptors (Lipinski definition) is 5. The number of carboxylic acids is 1. The highest BCUT2D eigenvalue weighted by molar-refractivity contribution is 5.92. The monoisotopic (exact) mass is 513 g/mol. The number of nitrogens with one attached hydrogen (secondary N) is 1. The molecule has 0 radical (unpaired) electrons. The molecule has 2 rings (SSSR count). The lowest BCUT2D eigenvalue weighted by atomic mass is 9.84. The fraction of sp³-hybridized carbons (Fsp3) is 0.533. The van der Waals surface area contributed by atoms with Crippen LogP contribution in [0.2, 0.25) is 0 Å². The van der Waals surface area contributed by atoms with E-state index >= 15 is 0 Å². The van der Waals surface area contributed by atoms with Crippen molar-refractivity contribution >= 4 is 17.6 Å². The molecule has 0 saturated carbocycles. The summed E-state index contributed by atoms with van der Waals surface area (Å²) in [5.74, 6) is 0.665.